The van der Waals surface area contributed by atoms with Crippen molar-refractivity contribution in [3.8, 4) is 0 Å². The first-order valence-electron chi connectivity index (χ1n) is 23.2. The van der Waals surface area contributed by atoms with Gasteiger partial charge in [-0.3, -0.25) is 9.36 Å². The van der Waals surface area contributed by atoms with Gasteiger partial charge in [-0.1, -0.05) is 179 Å². The zero-order valence-electron chi connectivity index (χ0n) is 37.3. The Morgan fingerprint density at radius 2 is 0.982 bits per heavy atom. The van der Waals surface area contributed by atoms with E-state index in [9.17, 15) is 14.3 Å². The highest BCUT2D eigenvalue weighted by atomic mass is 31.2. The van der Waals surface area contributed by atoms with Crippen LogP contribution in [0.2, 0.25) is 0 Å². The molecule has 0 spiro atoms. The van der Waals surface area contributed by atoms with Gasteiger partial charge in [-0.05, 0) is 51.4 Å². The molecule has 0 N–H and O–H groups in total. The Balaban J connectivity index is 4.06. The summed E-state index contributed by atoms with van der Waals surface area (Å²) in [5.74, 6) is -0.338. The quantitative estimate of drug-likeness (QED) is 0.0199. The Kier molecular flexibility index (Phi) is 39.6. The van der Waals surface area contributed by atoms with Crippen molar-refractivity contribution in [3.05, 3.63) is 36.5 Å². The van der Waals surface area contributed by atoms with Crippen LogP contribution >= 0.6 is 7.82 Å². The second-order valence-electron chi connectivity index (χ2n) is 16.8. The summed E-state index contributed by atoms with van der Waals surface area (Å²) in [7, 11) is 1.36. The monoisotopic (exact) mass is 812 g/mol. The number of hydrogen-bond acceptors (Lipinski definition) is 7. The highest BCUT2D eigenvalue weighted by molar-refractivity contribution is 7.45. The van der Waals surface area contributed by atoms with Crippen molar-refractivity contribution in [3.63, 3.8) is 0 Å². The van der Waals surface area contributed by atoms with Crippen LogP contribution in [0.3, 0.4) is 0 Å². The highest BCUT2D eigenvalue weighted by Crippen LogP contribution is 2.38. The smallest absolute Gasteiger partial charge is 0.306 e. The van der Waals surface area contributed by atoms with Gasteiger partial charge in [0, 0.05) is 13.0 Å². The van der Waals surface area contributed by atoms with E-state index in [-0.39, 0.29) is 25.8 Å². The molecular formula is C47H90NO7P. The summed E-state index contributed by atoms with van der Waals surface area (Å²) in [5.41, 5.74) is 0. The molecule has 0 heterocycles. The second kappa shape index (κ2) is 40.5. The zero-order chi connectivity index (χ0) is 41.3. The van der Waals surface area contributed by atoms with E-state index in [1.807, 2.05) is 21.1 Å². The van der Waals surface area contributed by atoms with E-state index < -0.39 is 13.9 Å². The molecule has 0 aliphatic rings. The van der Waals surface area contributed by atoms with E-state index in [1.54, 1.807) is 0 Å². The highest BCUT2D eigenvalue weighted by Gasteiger charge is 2.20. The number of nitrogens with zero attached hydrogens (tertiary/aromatic N) is 1. The van der Waals surface area contributed by atoms with Gasteiger partial charge in [0.15, 0.2) is 0 Å². The third-order valence-electron chi connectivity index (χ3n) is 9.94. The van der Waals surface area contributed by atoms with Crippen molar-refractivity contribution in [2.24, 2.45) is 0 Å². The van der Waals surface area contributed by atoms with E-state index >= 15 is 0 Å². The molecule has 0 aromatic carbocycles. The number of phosphoric acid groups is 1. The van der Waals surface area contributed by atoms with Crippen molar-refractivity contribution in [2.75, 3.05) is 54.1 Å². The number of quaternary nitrogens is 1. The Bertz CT molecular complexity index is 994. The topological polar surface area (TPSA) is 94.1 Å². The Morgan fingerprint density at radius 1 is 0.554 bits per heavy atom. The van der Waals surface area contributed by atoms with Crippen molar-refractivity contribution in [2.45, 2.75) is 206 Å². The fourth-order valence-electron chi connectivity index (χ4n) is 6.32. The van der Waals surface area contributed by atoms with Gasteiger partial charge in [-0.25, -0.2) is 0 Å². The number of hydrogen-bond donors (Lipinski definition) is 0. The molecule has 0 aromatic heterocycles. The molecule has 9 heteroatoms. The molecule has 0 aliphatic heterocycles. The van der Waals surface area contributed by atoms with E-state index in [0.29, 0.717) is 24.1 Å². The van der Waals surface area contributed by atoms with E-state index in [2.05, 4.69) is 50.3 Å². The van der Waals surface area contributed by atoms with Crippen molar-refractivity contribution in [1.29, 1.82) is 0 Å². The Labute approximate surface area is 346 Å². The average molecular weight is 812 g/mol. The minimum atomic E-state index is -4.52. The summed E-state index contributed by atoms with van der Waals surface area (Å²) < 4.78 is 34.5. The minimum Gasteiger partial charge on any atom is -0.756 e. The molecule has 0 aromatic rings. The van der Waals surface area contributed by atoms with Gasteiger partial charge < -0.3 is 27.9 Å². The van der Waals surface area contributed by atoms with Crippen LogP contribution in [-0.2, 0) is 27.9 Å². The molecule has 0 fully saturated rings. The molecule has 56 heavy (non-hydrogen) atoms. The van der Waals surface area contributed by atoms with E-state index in [0.717, 1.165) is 44.9 Å². The van der Waals surface area contributed by atoms with Crippen LogP contribution in [0, 0.1) is 0 Å². The molecule has 2 atom stereocenters. The summed E-state index contributed by atoms with van der Waals surface area (Å²) in [5, 5.41) is 0. The second-order valence-corrected chi connectivity index (χ2v) is 18.2. The van der Waals surface area contributed by atoms with Crippen molar-refractivity contribution >= 4 is 13.8 Å². The van der Waals surface area contributed by atoms with Gasteiger partial charge in [-0.2, -0.15) is 0 Å². The molecule has 0 bridgehead atoms. The number of phosphoric ester groups is 1. The van der Waals surface area contributed by atoms with Crippen LogP contribution < -0.4 is 4.89 Å². The fraction of sp³-hybridized carbons (Fsp3) is 0.851. The lowest BCUT2D eigenvalue weighted by molar-refractivity contribution is -0.870. The minimum absolute atomic E-state index is 0.0260. The Hall–Kier alpha value is -1.28. The molecule has 0 rings (SSSR count). The first kappa shape index (κ1) is 54.7. The molecule has 0 amide bonds. The van der Waals surface area contributed by atoms with E-state index in [4.69, 9.17) is 18.5 Å². The summed E-state index contributed by atoms with van der Waals surface area (Å²) in [6.07, 6.45) is 47.4. The first-order chi connectivity index (χ1) is 27.1. The number of rotatable bonds is 43. The van der Waals surface area contributed by atoms with E-state index in [1.165, 1.54) is 135 Å². The van der Waals surface area contributed by atoms with Gasteiger partial charge in [0.1, 0.15) is 19.3 Å². The Morgan fingerprint density at radius 3 is 1.46 bits per heavy atom. The van der Waals surface area contributed by atoms with Crippen LogP contribution in [-0.4, -0.2) is 70.7 Å². The zero-order valence-corrected chi connectivity index (χ0v) is 38.2. The first-order valence-corrected chi connectivity index (χ1v) is 24.7. The van der Waals surface area contributed by atoms with Crippen LogP contribution in [0.1, 0.15) is 200 Å². The van der Waals surface area contributed by atoms with Crippen molar-refractivity contribution in [1.82, 2.24) is 0 Å². The maximum Gasteiger partial charge on any atom is 0.306 e. The number of unbranched alkanes of at least 4 members (excludes halogenated alkanes) is 23. The fourth-order valence-corrected chi connectivity index (χ4v) is 7.05. The standard InChI is InChI=1S/C47H90NO7P/c1-6-8-10-12-14-16-17-18-19-20-21-22-23-24-25-26-27-28-29-30-31-32-34-36-38-40-47(49)55-46(45-54-56(50,51)53-43-41-48(3,4)5)44-52-42-39-37-35-33-15-13-11-9-7-2/h17-18,20-21,23-24,46H,6-16,19,22,25-45H2,1-5H3/b18-17-,21-20-,24-23-. The molecule has 0 saturated heterocycles. The maximum atomic E-state index is 12.7. The number of allylic oxidation sites excluding steroid dienone is 6. The van der Waals surface area contributed by atoms with Gasteiger partial charge in [0.2, 0.25) is 0 Å². The van der Waals surface area contributed by atoms with Crippen LogP contribution in [0.4, 0.5) is 0 Å². The summed E-state index contributed by atoms with van der Waals surface area (Å²) in [6.45, 7) is 5.39. The SMILES string of the molecule is CCCCCCC/C=C\C/C=C\C/C=C\CCCCCCCCCCCCC(=O)OC(COCCCCCCCCCCC)COP(=O)([O-])OCC[N+](C)(C)C. The maximum absolute atomic E-state index is 12.7. The van der Waals surface area contributed by atoms with Crippen LogP contribution in [0.5, 0.6) is 0 Å². The lowest BCUT2D eigenvalue weighted by atomic mass is 10.0. The van der Waals surface area contributed by atoms with Crippen LogP contribution in [0.25, 0.3) is 0 Å². The summed E-state index contributed by atoms with van der Waals surface area (Å²) in [4.78, 5) is 25.0. The lowest BCUT2D eigenvalue weighted by Gasteiger charge is -2.28. The van der Waals surface area contributed by atoms with Gasteiger partial charge in [0.25, 0.3) is 7.82 Å². The molecule has 2 unspecified atom stereocenters. The molecular weight excluding hydrogens is 721 g/mol. The number of esters is 1. The summed E-state index contributed by atoms with van der Waals surface area (Å²) in [6, 6.07) is 0. The van der Waals surface area contributed by atoms with Gasteiger partial charge in [-0.15, -0.1) is 0 Å². The average Bonchev–Trinajstić information content (AvgIpc) is 3.15. The molecule has 0 radical (unpaired) electrons. The van der Waals surface area contributed by atoms with Gasteiger partial charge in [0.05, 0.1) is 34.4 Å². The number of carbonyl (C=O) groups excluding carboxylic acids is 1. The third kappa shape index (κ3) is 43.8. The predicted molar refractivity (Wildman–Crippen MR) is 236 cm³/mol. The third-order valence-corrected chi connectivity index (χ3v) is 10.9. The molecule has 330 valence electrons. The molecule has 0 aliphatic carbocycles. The number of carbonyl (C=O) groups is 1. The summed E-state index contributed by atoms with van der Waals surface area (Å²) >= 11 is 0. The largest absolute Gasteiger partial charge is 0.756 e. The normalized spacial score (nSPS) is 14.0. The van der Waals surface area contributed by atoms with Crippen LogP contribution in [0.15, 0.2) is 36.5 Å². The molecule has 0 saturated carbocycles. The number of likely N-dealkylation sites (N-methyl/N-ethyl adjacent to an activating group) is 1. The number of ether oxygens (including phenoxy) is 2. The lowest BCUT2D eigenvalue weighted by Crippen LogP contribution is -2.37. The molecule has 8 nitrogen and oxygen atoms in total. The van der Waals surface area contributed by atoms with Gasteiger partial charge >= 0.3 is 5.97 Å². The predicted octanol–water partition coefficient (Wildman–Crippen LogP) is 13.1. The van der Waals surface area contributed by atoms with Crippen molar-refractivity contribution < 1.29 is 37.3 Å².